The van der Waals surface area contributed by atoms with Crippen LogP contribution in [0, 0.1) is 0 Å². The van der Waals surface area contributed by atoms with Gasteiger partial charge in [0.15, 0.2) is 0 Å². The van der Waals surface area contributed by atoms with Gasteiger partial charge < -0.3 is 5.73 Å². The molecule has 1 fully saturated rings. The number of alkyl halides is 3. The molecule has 0 spiro atoms. The minimum atomic E-state index is -4.21. The molecule has 1 aliphatic rings. The van der Waals surface area contributed by atoms with Crippen LogP contribution in [-0.2, 0) is 12.5 Å². The molecule has 0 aliphatic heterocycles. The Labute approximate surface area is 78.7 Å². The number of anilines is 1. The van der Waals surface area contributed by atoms with E-state index in [-0.39, 0.29) is 24.4 Å². The van der Waals surface area contributed by atoms with Gasteiger partial charge in [-0.25, -0.2) is 0 Å². The van der Waals surface area contributed by atoms with E-state index in [0.717, 1.165) is 0 Å². The second-order valence-electron chi connectivity index (χ2n) is 3.66. The van der Waals surface area contributed by atoms with Crippen LogP contribution in [0.15, 0.2) is 6.07 Å². The fourth-order valence-corrected chi connectivity index (χ4v) is 1.53. The Morgan fingerprint density at radius 1 is 1.50 bits per heavy atom. The lowest BCUT2D eigenvalue weighted by Gasteiger charge is -2.16. The minimum absolute atomic E-state index is 0.0463. The first-order valence-electron chi connectivity index (χ1n) is 4.23. The average Bonchev–Trinajstić information content (AvgIpc) is 2.76. The predicted molar refractivity (Wildman–Crippen MR) is 44.6 cm³/mol. The van der Waals surface area contributed by atoms with Gasteiger partial charge in [0, 0.05) is 13.1 Å². The topological polar surface area (TPSA) is 43.8 Å². The van der Waals surface area contributed by atoms with Crippen molar-refractivity contribution in [3.8, 4) is 0 Å². The standard InChI is InChI=1S/C8H10F3N3/c1-14-6(12)4-5(13-14)7(2-3-7)8(9,10)11/h4H,2-3,12H2,1H3. The number of nitrogens with zero attached hydrogens (tertiary/aromatic N) is 2. The molecule has 0 radical (unpaired) electrons. The van der Waals surface area contributed by atoms with E-state index in [1.165, 1.54) is 17.8 Å². The summed E-state index contributed by atoms with van der Waals surface area (Å²) in [5.41, 5.74) is 3.77. The quantitative estimate of drug-likeness (QED) is 0.756. The third-order valence-electron chi connectivity index (χ3n) is 2.70. The summed E-state index contributed by atoms with van der Waals surface area (Å²) in [4.78, 5) is 0. The Hall–Kier alpha value is -1.20. The molecule has 1 aromatic rings. The van der Waals surface area contributed by atoms with Crippen LogP contribution in [0.3, 0.4) is 0 Å². The Balaban J connectivity index is 2.41. The van der Waals surface area contributed by atoms with E-state index in [1.807, 2.05) is 0 Å². The summed E-state index contributed by atoms with van der Waals surface area (Å²) in [6, 6.07) is 1.31. The molecule has 0 bridgehead atoms. The molecule has 2 rings (SSSR count). The first-order chi connectivity index (χ1) is 6.37. The molecule has 1 aromatic heterocycles. The van der Waals surface area contributed by atoms with Crippen LogP contribution < -0.4 is 5.73 Å². The monoisotopic (exact) mass is 205 g/mol. The number of hydrogen-bond acceptors (Lipinski definition) is 2. The number of hydrogen-bond donors (Lipinski definition) is 1. The molecule has 6 heteroatoms. The fraction of sp³-hybridized carbons (Fsp3) is 0.625. The van der Waals surface area contributed by atoms with Crippen LogP contribution in [0.1, 0.15) is 18.5 Å². The Morgan fingerprint density at radius 2 is 2.07 bits per heavy atom. The van der Waals surface area contributed by atoms with E-state index in [1.54, 1.807) is 0 Å². The van der Waals surface area contributed by atoms with E-state index in [4.69, 9.17) is 5.73 Å². The SMILES string of the molecule is Cn1nc(C2(C(F)(F)F)CC2)cc1N. The molecule has 0 saturated heterocycles. The molecule has 14 heavy (non-hydrogen) atoms. The molecule has 2 N–H and O–H groups in total. The summed E-state index contributed by atoms with van der Waals surface area (Å²) < 4.78 is 39.2. The van der Waals surface area contributed by atoms with Crippen molar-refractivity contribution < 1.29 is 13.2 Å². The number of rotatable bonds is 1. The Morgan fingerprint density at radius 3 is 2.36 bits per heavy atom. The van der Waals surface area contributed by atoms with Crippen molar-refractivity contribution in [2.45, 2.75) is 24.4 Å². The molecular formula is C8H10F3N3. The first kappa shape index (κ1) is 9.36. The zero-order valence-electron chi connectivity index (χ0n) is 7.60. The maximum atomic E-state index is 12.6. The Bertz CT molecular complexity index is 343. The summed E-state index contributed by atoms with van der Waals surface area (Å²) in [6.07, 6.45) is -3.98. The van der Waals surface area contributed by atoms with Gasteiger partial charge in [-0.15, -0.1) is 0 Å². The van der Waals surface area contributed by atoms with Crippen LogP contribution in [0.5, 0.6) is 0 Å². The molecule has 78 valence electrons. The van der Waals surface area contributed by atoms with Gasteiger partial charge in [0.2, 0.25) is 0 Å². The van der Waals surface area contributed by atoms with Crippen LogP contribution >= 0.6 is 0 Å². The molecule has 3 nitrogen and oxygen atoms in total. The summed E-state index contributed by atoms with van der Waals surface area (Å²) in [6.45, 7) is 0. The highest BCUT2D eigenvalue weighted by Gasteiger charge is 2.65. The highest BCUT2D eigenvalue weighted by Crippen LogP contribution is 2.58. The lowest BCUT2D eigenvalue weighted by atomic mass is 10.0. The molecule has 1 aliphatic carbocycles. The van der Waals surface area contributed by atoms with E-state index in [9.17, 15) is 13.2 Å². The van der Waals surface area contributed by atoms with E-state index in [0.29, 0.717) is 0 Å². The summed E-state index contributed by atoms with van der Waals surface area (Å²) in [5, 5.41) is 3.78. The van der Waals surface area contributed by atoms with E-state index >= 15 is 0 Å². The number of aromatic nitrogens is 2. The molecule has 0 unspecified atom stereocenters. The first-order valence-corrected chi connectivity index (χ1v) is 4.23. The normalized spacial score (nSPS) is 19.7. The predicted octanol–water partition coefficient (Wildman–Crippen LogP) is 1.60. The van der Waals surface area contributed by atoms with Crippen molar-refractivity contribution in [2.75, 3.05) is 5.73 Å². The fourth-order valence-electron chi connectivity index (χ4n) is 1.53. The van der Waals surface area contributed by atoms with Crippen LogP contribution in [0.4, 0.5) is 19.0 Å². The van der Waals surface area contributed by atoms with Crippen molar-refractivity contribution in [1.82, 2.24) is 9.78 Å². The summed E-state index contributed by atoms with van der Waals surface area (Å²) in [5.74, 6) is 0.260. The molecule has 1 saturated carbocycles. The van der Waals surface area contributed by atoms with Gasteiger partial charge in [-0.3, -0.25) is 4.68 Å². The summed E-state index contributed by atoms with van der Waals surface area (Å²) in [7, 11) is 1.53. The number of nitrogens with two attached hydrogens (primary N) is 1. The second-order valence-corrected chi connectivity index (χ2v) is 3.66. The lowest BCUT2D eigenvalue weighted by molar-refractivity contribution is -0.161. The second kappa shape index (κ2) is 2.43. The van der Waals surface area contributed by atoms with Gasteiger partial charge >= 0.3 is 6.18 Å². The smallest absolute Gasteiger partial charge is 0.384 e. The van der Waals surface area contributed by atoms with Crippen LogP contribution in [0.2, 0.25) is 0 Å². The lowest BCUT2D eigenvalue weighted by Crippen LogP contribution is -2.29. The van der Waals surface area contributed by atoms with Gasteiger partial charge in [0.25, 0.3) is 0 Å². The highest BCUT2D eigenvalue weighted by atomic mass is 19.4. The van der Waals surface area contributed by atoms with Crippen molar-refractivity contribution in [3.63, 3.8) is 0 Å². The van der Waals surface area contributed by atoms with Crippen molar-refractivity contribution in [1.29, 1.82) is 0 Å². The summed E-state index contributed by atoms with van der Waals surface area (Å²) >= 11 is 0. The zero-order chi connectivity index (χ0) is 10.6. The van der Waals surface area contributed by atoms with E-state index in [2.05, 4.69) is 5.10 Å². The zero-order valence-corrected chi connectivity index (χ0v) is 7.60. The maximum Gasteiger partial charge on any atom is 0.400 e. The average molecular weight is 205 g/mol. The third-order valence-corrected chi connectivity index (χ3v) is 2.70. The maximum absolute atomic E-state index is 12.6. The van der Waals surface area contributed by atoms with E-state index < -0.39 is 11.6 Å². The minimum Gasteiger partial charge on any atom is -0.384 e. The van der Waals surface area contributed by atoms with Gasteiger partial charge in [-0.05, 0) is 12.8 Å². The van der Waals surface area contributed by atoms with Gasteiger partial charge in [0.05, 0.1) is 5.69 Å². The molecule has 0 amide bonds. The largest absolute Gasteiger partial charge is 0.400 e. The van der Waals surface area contributed by atoms with Crippen molar-refractivity contribution in [3.05, 3.63) is 11.8 Å². The molecular weight excluding hydrogens is 195 g/mol. The molecule has 1 heterocycles. The molecule has 0 aromatic carbocycles. The number of halogens is 3. The van der Waals surface area contributed by atoms with Gasteiger partial charge in [-0.2, -0.15) is 18.3 Å². The van der Waals surface area contributed by atoms with Crippen molar-refractivity contribution >= 4 is 5.82 Å². The van der Waals surface area contributed by atoms with Gasteiger partial charge in [-0.1, -0.05) is 0 Å². The molecule has 0 atom stereocenters. The van der Waals surface area contributed by atoms with Crippen molar-refractivity contribution in [2.24, 2.45) is 7.05 Å². The Kier molecular flexibility index (Phi) is 1.62. The number of aryl methyl sites for hydroxylation is 1. The third kappa shape index (κ3) is 1.09. The van der Waals surface area contributed by atoms with Crippen LogP contribution in [0.25, 0.3) is 0 Å². The van der Waals surface area contributed by atoms with Gasteiger partial charge in [0.1, 0.15) is 11.2 Å². The number of nitrogen functional groups attached to an aromatic ring is 1. The van der Waals surface area contributed by atoms with Crippen LogP contribution in [-0.4, -0.2) is 16.0 Å². The highest BCUT2D eigenvalue weighted by molar-refractivity contribution is 5.38.